The van der Waals surface area contributed by atoms with Crippen LogP contribution in [0.3, 0.4) is 0 Å². The highest BCUT2D eigenvalue weighted by atomic mass is 35.5. The highest BCUT2D eigenvalue weighted by molar-refractivity contribution is 6.46. The number of rotatable bonds is 5. The van der Waals surface area contributed by atoms with E-state index in [1.165, 1.54) is 4.90 Å². The van der Waals surface area contributed by atoms with E-state index in [9.17, 15) is 9.59 Å². The minimum absolute atomic E-state index is 0.205. The fourth-order valence-electron chi connectivity index (χ4n) is 3.70. The molecule has 1 heterocycles. The quantitative estimate of drug-likeness (QED) is 0.551. The molecule has 3 aromatic rings. The molecule has 0 saturated carbocycles. The van der Waals surface area contributed by atoms with Crippen LogP contribution in [0, 0.1) is 13.8 Å². The average molecular weight is 433 g/mol. The van der Waals surface area contributed by atoms with Crippen LogP contribution in [0.25, 0.3) is 5.57 Å². The topological polar surface area (TPSA) is 58.6 Å². The number of benzene rings is 3. The SMILES string of the molecule is COc1ccccc1NC1=C(c2ccc(C)cc2C)C(=O)N(c2ccc(Cl)cc2)C1=O. The summed E-state index contributed by atoms with van der Waals surface area (Å²) in [6.07, 6.45) is 0. The lowest BCUT2D eigenvalue weighted by Crippen LogP contribution is -2.32. The fraction of sp³-hybridized carbons (Fsp3) is 0.120. The van der Waals surface area contributed by atoms with Crippen molar-refractivity contribution in [1.82, 2.24) is 0 Å². The Morgan fingerprint density at radius 3 is 2.29 bits per heavy atom. The van der Waals surface area contributed by atoms with Crippen LogP contribution in [0.4, 0.5) is 11.4 Å². The van der Waals surface area contributed by atoms with E-state index in [0.717, 1.165) is 11.1 Å². The first-order chi connectivity index (χ1) is 14.9. The molecule has 1 N–H and O–H groups in total. The number of hydrogen-bond donors (Lipinski definition) is 1. The lowest BCUT2D eigenvalue weighted by molar-refractivity contribution is -0.120. The molecule has 1 aliphatic rings. The number of aryl methyl sites for hydroxylation is 2. The molecule has 0 spiro atoms. The number of anilines is 2. The van der Waals surface area contributed by atoms with Gasteiger partial charge in [0.15, 0.2) is 0 Å². The minimum Gasteiger partial charge on any atom is -0.495 e. The van der Waals surface area contributed by atoms with E-state index in [-0.39, 0.29) is 5.70 Å². The van der Waals surface area contributed by atoms with Crippen LogP contribution >= 0.6 is 11.6 Å². The molecule has 0 radical (unpaired) electrons. The maximum Gasteiger partial charge on any atom is 0.282 e. The number of ether oxygens (including phenoxy) is 1. The van der Waals surface area contributed by atoms with Gasteiger partial charge in [0.2, 0.25) is 0 Å². The summed E-state index contributed by atoms with van der Waals surface area (Å²) >= 11 is 6.00. The molecule has 156 valence electrons. The molecule has 0 aliphatic carbocycles. The summed E-state index contributed by atoms with van der Waals surface area (Å²) in [5, 5.41) is 3.68. The van der Waals surface area contributed by atoms with E-state index < -0.39 is 11.8 Å². The molecule has 31 heavy (non-hydrogen) atoms. The lowest BCUT2D eigenvalue weighted by Gasteiger charge is -2.16. The van der Waals surface area contributed by atoms with Crippen LogP contribution in [0.5, 0.6) is 5.75 Å². The van der Waals surface area contributed by atoms with E-state index in [2.05, 4.69) is 5.32 Å². The number of nitrogens with zero attached hydrogens (tertiary/aromatic N) is 1. The first-order valence-corrected chi connectivity index (χ1v) is 10.1. The van der Waals surface area contributed by atoms with Crippen LogP contribution in [0.2, 0.25) is 5.02 Å². The van der Waals surface area contributed by atoms with Crippen LogP contribution in [-0.4, -0.2) is 18.9 Å². The van der Waals surface area contributed by atoms with Crippen molar-refractivity contribution in [2.45, 2.75) is 13.8 Å². The van der Waals surface area contributed by atoms with E-state index >= 15 is 0 Å². The van der Waals surface area contributed by atoms with Crippen molar-refractivity contribution in [3.63, 3.8) is 0 Å². The summed E-state index contributed by atoms with van der Waals surface area (Å²) in [5.41, 5.74) is 4.28. The van der Waals surface area contributed by atoms with Gasteiger partial charge in [-0.05, 0) is 61.4 Å². The molecule has 2 amide bonds. The van der Waals surface area contributed by atoms with E-state index in [0.29, 0.717) is 33.3 Å². The van der Waals surface area contributed by atoms with Gasteiger partial charge < -0.3 is 10.1 Å². The normalized spacial score (nSPS) is 13.7. The number of hydrogen-bond acceptors (Lipinski definition) is 4. The first kappa shape index (κ1) is 20.7. The van der Waals surface area contributed by atoms with Crippen LogP contribution in [0.1, 0.15) is 16.7 Å². The van der Waals surface area contributed by atoms with E-state index in [1.807, 2.05) is 44.2 Å². The standard InChI is InChI=1S/C25H21ClN2O3/c1-15-8-13-19(16(2)14-15)22-23(27-20-6-4-5-7-21(20)31-3)25(30)28(24(22)29)18-11-9-17(26)10-12-18/h4-14,27H,1-3H3. The monoisotopic (exact) mass is 432 g/mol. The first-order valence-electron chi connectivity index (χ1n) is 9.77. The summed E-state index contributed by atoms with van der Waals surface area (Å²) in [4.78, 5) is 28.2. The van der Waals surface area contributed by atoms with Crippen LogP contribution < -0.4 is 15.0 Å². The van der Waals surface area contributed by atoms with E-state index in [4.69, 9.17) is 16.3 Å². The van der Waals surface area contributed by atoms with E-state index in [1.54, 1.807) is 43.5 Å². The third kappa shape index (κ3) is 3.80. The molecule has 0 saturated heterocycles. The summed E-state index contributed by atoms with van der Waals surface area (Å²) in [5.74, 6) is -0.259. The van der Waals surface area contributed by atoms with Gasteiger partial charge in [0.25, 0.3) is 11.8 Å². The maximum absolute atomic E-state index is 13.5. The Hall–Kier alpha value is -3.57. The summed E-state index contributed by atoms with van der Waals surface area (Å²) in [6.45, 7) is 3.92. The molecule has 0 bridgehead atoms. The Morgan fingerprint density at radius 1 is 0.903 bits per heavy atom. The number of para-hydroxylation sites is 2. The Kier molecular flexibility index (Phi) is 5.53. The van der Waals surface area contributed by atoms with Crippen molar-refractivity contribution in [2.24, 2.45) is 0 Å². The molecule has 0 unspecified atom stereocenters. The van der Waals surface area contributed by atoms with Crippen molar-refractivity contribution < 1.29 is 14.3 Å². The van der Waals surface area contributed by atoms with Crippen molar-refractivity contribution in [3.05, 3.63) is 94.1 Å². The second kappa shape index (κ2) is 8.28. The number of amides is 2. The Labute approximate surface area is 185 Å². The molecule has 0 atom stereocenters. The highest BCUT2D eigenvalue weighted by Crippen LogP contribution is 2.37. The Bertz CT molecular complexity index is 1220. The molecular weight excluding hydrogens is 412 g/mol. The number of halogens is 1. The second-order valence-electron chi connectivity index (χ2n) is 7.32. The highest BCUT2D eigenvalue weighted by Gasteiger charge is 2.41. The number of imide groups is 1. The van der Waals surface area contributed by atoms with Crippen molar-refractivity contribution >= 4 is 40.4 Å². The average Bonchev–Trinajstić information content (AvgIpc) is 2.99. The van der Waals surface area contributed by atoms with Gasteiger partial charge in [0.05, 0.1) is 24.1 Å². The Balaban J connectivity index is 1.87. The molecule has 3 aromatic carbocycles. The van der Waals surface area contributed by atoms with Gasteiger partial charge in [-0.3, -0.25) is 9.59 Å². The molecular formula is C25H21ClN2O3. The smallest absolute Gasteiger partial charge is 0.282 e. The molecule has 6 heteroatoms. The largest absolute Gasteiger partial charge is 0.495 e. The van der Waals surface area contributed by atoms with Crippen LogP contribution in [-0.2, 0) is 9.59 Å². The fourth-order valence-corrected chi connectivity index (χ4v) is 3.82. The second-order valence-corrected chi connectivity index (χ2v) is 7.75. The summed E-state index contributed by atoms with van der Waals surface area (Å²) in [6, 6.07) is 19.7. The number of nitrogens with one attached hydrogen (secondary N) is 1. The van der Waals surface area contributed by atoms with Gasteiger partial charge in [-0.2, -0.15) is 0 Å². The predicted octanol–water partition coefficient (Wildman–Crippen LogP) is 5.36. The number of carbonyl (C=O) groups excluding carboxylic acids is 2. The number of carbonyl (C=O) groups is 2. The summed E-state index contributed by atoms with van der Waals surface area (Å²) < 4.78 is 5.41. The molecule has 0 aromatic heterocycles. The van der Waals surface area contributed by atoms with Gasteiger partial charge in [0.1, 0.15) is 11.4 Å². The van der Waals surface area contributed by atoms with Gasteiger partial charge >= 0.3 is 0 Å². The third-order valence-corrected chi connectivity index (χ3v) is 5.44. The van der Waals surface area contributed by atoms with Crippen molar-refractivity contribution in [2.75, 3.05) is 17.3 Å². The third-order valence-electron chi connectivity index (χ3n) is 5.19. The molecule has 0 fully saturated rings. The summed E-state index contributed by atoms with van der Waals surface area (Å²) in [7, 11) is 1.56. The molecule has 4 rings (SSSR count). The Morgan fingerprint density at radius 2 is 1.61 bits per heavy atom. The zero-order chi connectivity index (χ0) is 22.1. The minimum atomic E-state index is -0.437. The number of methoxy groups -OCH3 is 1. The predicted molar refractivity (Wildman–Crippen MR) is 123 cm³/mol. The van der Waals surface area contributed by atoms with Gasteiger partial charge in [-0.15, -0.1) is 0 Å². The van der Waals surface area contributed by atoms with Crippen molar-refractivity contribution in [3.8, 4) is 5.75 Å². The van der Waals surface area contributed by atoms with Crippen molar-refractivity contribution in [1.29, 1.82) is 0 Å². The van der Waals surface area contributed by atoms with Gasteiger partial charge in [-0.25, -0.2) is 4.90 Å². The molecule has 1 aliphatic heterocycles. The zero-order valence-corrected chi connectivity index (χ0v) is 18.2. The van der Waals surface area contributed by atoms with Gasteiger partial charge in [-0.1, -0.05) is 47.5 Å². The van der Waals surface area contributed by atoms with Crippen LogP contribution in [0.15, 0.2) is 72.4 Å². The maximum atomic E-state index is 13.5. The zero-order valence-electron chi connectivity index (χ0n) is 17.4. The lowest BCUT2D eigenvalue weighted by atomic mass is 9.97. The van der Waals surface area contributed by atoms with Gasteiger partial charge in [0, 0.05) is 5.02 Å². The molecule has 5 nitrogen and oxygen atoms in total.